The number of rotatable bonds is 68. The Morgan fingerprint density at radius 3 is 0.890 bits per heavy atom. The van der Waals surface area contributed by atoms with Gasteiger partial charge in [-0.15, -0.1) is 0 Å². The predicted octanol–water partition coefficient (Wildman–Crippen LogP) is 20.2. The molecule has 5 atom stereocenters. The van der Waals surface area contributed by atoms with Gasteiger partial charge in [0.05, 0.1) is 26.4 Å². The van der Waals surface area contributed by atoms with Gasteiger partial charge in [-0.3, -0.25) is 37.3 Å². The Morgan fingerprint density at radius 1 is 0.341 bits per heavy atom. The number of phosphoric ester groups is 2. The standard InChI is InChI=1S/C72H136O17P2/c1-8-9-10-11-12-13-14-15-16-17-20-27-32-41-48-55-71(76)89-68(60-83-70(75)54-47-40-35-34-38-45-52-65(6)7)62-87-91(80,81)85-58-66(73)57-84-90(78,79)86-61-67(59-82-69(74)53-46-39-31-26-23-22-25-30-37-44-51-64(4)5)88-72(77)56-49-42-33-28-21-18-19-24-29-36-43-50-63(2)3/h13-16,63-68,73H,8-12,17-62H2,1-7H3,(H,78,79)(H,80,81)/b14-13-,16-15-/t66-,67-,68-/m1/s1. The normalized spacial score (nSPS) is 14.3. The van der Waals surface area contributed by atoms with Crippen LogP contribution in [0.1, 0.15) is 337 Å². The van der Waals surface area contributed by atoms with Crippen molar-refractivity contribution in [2.45, 2.75) is 356 Å². The molecule has 0 saturated carbocycles. The average molecular weight is 1340 g/mol. The van der Waals surface area contributed by atoms with Gasteiger partial charge >= 0.3 is 39.5 Å². The summed E-state index contributed by atoms with van der Waals surface area (Å²) >= 11 is 0. The van der Waals surface area contributed by atoms with Crippen molar-refractivity contribution in [1.29, 1.82) is 0 Å². The summed E-state index contributed by atoms with van der Waals surface area (Å²) in [6, 6.07) is 0. The number of carbonyl (C=O) groups is 4. The number of aliphatic hydroxyl groups excluding tert-OH is 1. The minimum Gasteiger partial charge on any atom is -0.462 e. The third-order valence-corrected chi connectivity index (χ3v) is 17.9. The molecule has 0 aromatic rings. The molecule has 0 heterocycles. The summed E-state index contributed by atoms with van der Waals surface area (Å²) in [5, 5.41) is 10.6. The molecule has 0 radical (unpaired) electrons. The molecule has 0 aliphatic carbocycles. The molecule has 0 saturated heterocycles. The molecule has 0 aromatic carbocycles. The Kier molecular flexibility index (Phi) is 60.7. The van der Waals surface area contributed by atoms with E-state index in [1.807, 2.05) is 0 Å². The second-order valence-corrected chi connectivity index (χ2v) is 29.6. The lowest BCUT2D eigenvalue weighted by Gasteiger charge is -2.21. The fourth-order valence-electron chi connectivity index (χ4n) is 10.4. The number of carbonyl (C=O) groups excluding carboxylic acids is 4. The zero-order valence-corrected chi connectivity index (χ0v) is 60.6. The SMILES string of the molecule is CCCCCC/C=C\C=C/CCCCCCCC(=O)O[C@H](COC(=O)CCCCCCCCC(C)C)COP(=O)(O)OC[C@H](O)COP(=O)(O)OC[C@@H](COC(=O)CCCCCCCCCCCCC(C)C)OC(=O)CCCCCCCCCCCCCC(C)C. The number of allylic oxidation sites excluding steroid dienone is 4. The van der Waals surface area contributed by atoms with Gasteiger partial charge in [0.25, 0.3) is 0 Å². The topological polar surface area (TPSA) is 237 Å². The largest absolute Gasteiger partial charge is 0.472 e. The second kappa shape index (κ2) is 62.4. The first-order valence-electron chi connectivity index (χ1n) is 36.7. The van der Waals surface area contributed by atoms with E-state index in [2.05, 4.69) is 72.8 Å². The van der Waals surface area contributed by atoms with Crippen LogP contribution in [0.15, 0.2) is 24.3 Å². The third-order valence-electron chi connectivity index (χ3n) is 16.0. The molecule has 91 heavy (non-hydrogen) atoms. The third kappa shape index (κ3) is 66.0. The number of esters is 4. The van der Waals surface area contributed by atoms with E-state index in [0.29, 0.717) is 31.6 Å². The summed E-state index contributed by atoms with van der Waals surface area (Å²) in [4.78, 5) is 72.6. The highest BCUT2D eigenvalue weighted by molar-refractivity contribution is 7.47. The highest BCUT2D eigenvalue weighted by Gasteiger charge is 2.30. The van der Waals surface area contributed by atoms with Crippen molar-refractivity contribution in [3.63, 3.8) is 0 Å². The minimum absolute atomic E-state index is 0.0835. The molecule has 0 aliphatic rings. The molecule has 0 aromatic heterocycles. The molecule has 0 spiro atoms. The van der Waals surface area contributed by atoms with Crippen LogP contribution >= 0.6 is 15.6 Å². The van der Waals surface area contributed by atoms with Crippen LogP contribution in [0.2, 0.25) is 0 Å². The van der Waals surface area contributed by atoms with Gasteiger partial charge in [-0.25, -0.2) is 9.13 Å². The number of hydrogen-bond donors (Lipinski definition) is 3. The van der Waals surface area contributed by atoms with E-state index in [-0.39, 0.29) is 25.7 Å². The van der Waals surface area contributed by atoms with Crippen molar-refractivity contribution in [1.82, 2.24) is 0 Å². The Morgan fingerprint density at radius 2 is 0.593 bits per heavy atom. The molecule has 0 aliphatic heterocycles. The summed E-state index contributed by atoms with van der Waals surface area (Å²) in [7, 11) is -9.92. The fraction of sp³-hybridized carbons (Fsp3) is 0.889. The van der Waals surface area contributed by atoms with Crippen molar-refractivity contribution < 1.29 is 80.2 Å². The van der Waals surface area contributed by atoms with Crippen LogP contribution in [0.25, 0.3) is 0 Å². The molecule has 19 heteroatoms. The summed E-state index contributed by atoms with van der Waals surface area (Å²) in [6.07, 6.45) is 49.5. The number of aliphatic hydroxyl groups is 1. The lowest BCUT2D eigenvalue weighted by Crippen LogP contribution is -2.30. The van der Waals surface area contributed by atoms with E-state index in [1.165, 1.54) is 128 Å². The molecule has 0 bridgehead atoms. The Labute approximate surface area is 554 Å². The quantitative estimate of drug-likeness (QED) is 0.0169. The smallest absolute Gasteiger partial charge is 0.462 e. The second-order valence-electron chi connectivity index (χ2n) is 26.7. The van der Waals surface area contributed by atoms with Crippen molar-refractivity contribution in [2.75, 3.05) is 39.6 Å². The van der Waals surface area contributed by atoms with Crippen LogP contribution in [0.3, 0.4) is 0 Å². The molecule has 0 fully saturated rings. The first-order chi connectivity index (χ1) is 43.7. The maximum Gasteiger partial charge on any atom is 0.472 e. The van der Waals surface area contributed by atoms with E-state index in [9.17, 15) is 43.2 Å². The van der Waals surface area contributed by atoms with E-state index >= 15 is 0 Å². The van der Waals surface area contributed by atoms with Crippen LogP contribution in [0.4, 0.5) is 0 Å². The zero-order valence-electron chi connectivity index (χ0n) is 58.8. The number of ether oxygens (including phenoxy) is 4. The van der Waals surface area contributed by atoms with Crippen molar-refractivity contribution >= 4 is 39.5 Å². The average Bonchev–Trinajstić information content (AvgIpc) is 3.38. The maximum absolute atomic E-state index is 13.0. The van der Waals surface area contributed by atoms with Gasteiger partial charge in [-0.2, -0.15) is 0 Å². The molecule has 536 valence electrons. The summed E-state index contributed by atoms with van der Waals surface area (Å²) in [5.41, 5.74) is 0. The molecule has 3 N–H and O–H groups in total. The Balaban J connectivity index is 5.28. The molecule has 0 amide bonds. The van der Waals surface area contributed by atoms with Crippen molar-refractivity contribution in [2.24, 2.45) is 17.8 Å². The van der Waals surface area contributed by atoms with Crippen LogP contribution < -0.4 is 0 Å². The van der Waals surface area contributed by atoms with E-state index in [0.717, 1.165) is 121 Å². The predicted molar refractivity (Wildman–Crippen MR) is 367 cm³/mol. The fourth-order valence-corrected chi connectivity index (χ4v) is 11.9. The number of phosphoric acid groups is 2. The van der Waals surface area contributed by atoms with Gasteiger partial charge in [-0.1, -0.05) is 285 Å². The zero-order chi connectivity index (χ0) is 67.3. The van der Waals surface area contributed by atoms with Gasteiger partial charge in [-0.05, 0) is 69.1 Å². The summed E-state index contributed by atoms with van der Waals surface area (Å²) < 4.78 is 68.3. The van der Waals surface area contributed by atoms with Gasteiger partial charge < -0.3 is 33.8 Å². The van der Waals surface area contributed by atoms with E-state index < -0.39 is 97.5 Å². The molecular formula is C72H136O17P2. The van der Waals surface area contributed by atoms with Crippen LogP contribution in [0, 0.1) is 17.8 Å². The number of unbranched alkanes of at least 4 members (excludes halogenated alkanes) is 33. The van der Waals surface area contributed by atoms with Crippen molar-refractivity contribution in [3.05, 3.63) is 24.3 Å². The van der Waals surface area contributed by atoms with Crippen LogP contribution in [0.5, 0.6) is 0 Å². The lowest BCUT2D eigenvalue weighted by atomic mass is 10.0. The van der Waals surface area contributed by atoms with Gasteiger partial charge in [0, 0.05) is 25.7 Å². The first-order valence-corrected chi connectivity index (χ1v) is 39.7. The molecule has 2 unspecified atom stereocenters. The summed E-state index contributed by atoms with van der Waals surface area (Å²) in [6.45, 7) is 11.7. The van der Waals surface area contributed by atoms with E-state index in [1.54, 1.807) is 0 Å². The van der Waals surface area contributed by atoms with Gasteiger partial charge in [0.2, 0.25) is 0 Å². The molecule has 0 rings (SSSR count). The van der Waals surface area contributed by atoms with Crippen LogP contribution in [-0.2, 0) is 65.4 Å². The summed E-state index contributed by atoms with van der Waals surface area (Å²) in [5.74, 6) is 0.0405. The highest BCUT2D eigenvalue weighted by atomic mass is 31.2. The van der Waals surface area contributed by atoms with Crippen molar-refractivity contribution in [3.8, 4) is 0 Å². The highest BCUT2D eigenvalue weighted by Crippen LogP contribution is 2.45. The minimum atomic E-state index is -4.96. The molecular weight excluding hydrogens is 1200 g/mol. The maximum atomic E-state index is 13.0. The van der Waals surface area contributed by atoms with Gasteiger partial charge in [0.15, 0.2) is 12.2 Å². The number of hydrogen-bond acceptors (Lipinski definition) is 15. The lowest BCUT2D eigenvalue weighted by molar-refractivity contribution is -0.161. The Hall–Kier alpha value is -2.46. The van der Waals surface area contributed by atoms with E-state index in [4.69, 9.17) is 37.0 Å². The van der Waals surface area contributed by atoms with Crippen LogP contribution in [-0.4, -0.2) is 96.7 Å². The Bertz CT molecular complexity index is 1880. The monoisotopic (exact) mass is 1330 g/mol. The molecule has 17 nitrogen and oxygen atoms in total. The van der Waals surface area contributed by atoms with Gasteiger partial charge in [0.1, 0.15) is 19.3 Å². The first kappa shape index (κ1) is 88.5.